The van der Waals surface area contributed by atoms with Crippen molar-refractivity contribution in [2.75, 3.05) is 6.54 Å². The van der Waals surface area contributed by atoms with Gasteiger partial charge in [0.25, 0.3) is 5.91 Å². The molecule has 0 aliphatic rings. The first-order valence-electron chi connectivity index (χ1n) is 9.69. The number of hydrazone groups is 1. The minimum Gasteiger partial charge on any atom is -0.423 e. The molecule has 170 valence electrons. The molecule has 0 aliphatic heterocycles. The van der Waals surface area contributed by atoms with Crippen LogP contribution in [0.25, 0.3) is 0 Å². The molecule has 0 saturated heterocycles. The van der Waals surface area contributed by atoms with Crippen LogP contribution in [0.1, 0.15) is 21.5 Å². The topological polar surface area (TPSA) is 114 Å². The molecule has 8 nitrogen and oxygen atoms in total. The van der Waals surface area contributed by atoms with Crippen molar-refractivity contribution in [3.8, 4) is 5.75 Å². The second kappa shape index (κ2) is 10.9. The number of rotatable bonds is 8. The van der Waals surface area contributed by atoms with E-state index in [1.165, 1.54) is 18.3 Å². The molecule has 2 N–H and O–H groups in total. The van der Waals surface area contributed by atoms with Crippen LogP contribution in [0.2, 0.25) is 5.02 Å². The van der Waals surface area contributed by atoms with Gasteiger partial charge in [-0.15, -0.1) is 0 Å². The lowest BCUT2D eigenvalue weighted by atomic mass is 10.2. The Hall–Kier alpha value is -3.53. The van der Waals surface area contributed by atoms with Crippen molar-refractivity contribution < 1.29 is 22.7 Å². The van der Waals surface area contributed by atoms with Crippen LogP contribution in [-0.4, -0.2) is 33.1 Å². The summed E-state index contributed by atoms with van der Waals surface area (Å²) in [7, 11) is -3.81. The average molecular weight is 486 g/mol. The van der Waals surface area contributed by atoms with Gasteiger partial charge >= 0.3 is 5.97 Å². The predicted octanol–water partition coefficient (Wildman–Crippen LogP) is 3.30. The molecule has 3 aromatic carbocycles. The van der Waals surface area contributed by atoms with Gasteiger partial charge in [-0.05, 0) is 61.0 Å². The molecule has 0 aromatic heterocycles. The maximum absolute atomic E-state index is 12.2. The molecule has 0 radical (unpaired) electrons. The number of aryl methyl sites for hydroxylation is 1. The van der Waals surface area contributed by atoms with Gasteiger partial charge in [-0.1, -0.05) is 41.4 Å². The fraction of sp³-hybridized carbons (Fsp3) is 0.0870. The van der Waals surface area contributed by atoms with E-state index in [-0.39, 0.29) is 10.6 Å². The van der Waals surface area contributed by atoms with E-state index in [9.17, 15) is 18.0 Å². The van der Waals surface area contributed by atoms with Crippen molar-refractivity contribution in [3.63, 3.8) is 0 Å². The van der Waals surface area contributed by atoms with Crippen molar-refractivity contribution in [2.45, 2.75) is 11.8 Å². The Balaban J connectivity index is 1.52. The highest BCUT2D eigenvalue weighted by Crippen LogP contribution is 2.16. The first kappa shape index (κ1) is 24.1. The summed E-state index contributed by atoms with van der Waals surface area (Å²) in [5.74, 6) is -0.904. The van der Waals surface area contributed by atoms with Crippen LogP contribution >= 0.6 is 11.6 Å². The summed E-state index contributed by atoms with van der Waals surface area (Å²) in [5.41, 5.74) is 4.06. The molecule has 0 spiro atoms. The number of carbonyl (C=O) groups excluding carboxylic acids is 2. The highest BCUT2D eigenvalue weighted by atomic mass is 35.5. The Morgan fingerprint density at radius 2 is 1.73 bits per heavy atom. The number of benzene rings is 3. The van der Waals surface area contributed by atoms with E-state index in [0.29, 0.717) is 16.1 Å². The second-order valence-corrected chi connectivity index (χ2v) is 9.10. The van der Waals surface area contributed by atoms with Gasteiger partial charge in [0.1, 0.15) is 5.75 Å². The smallest absolute Gasteiger partial charge is 0.343 e. The third-order valence-electron chi connectivity index (χ3n) is 4.31. The molecule has 0 unspecified atom stereocenters. The normalized spacial score (nSPS) is 11.3. The lowest BCUT2D eigenvalue weighted by Crippen LogP contribution is -2.34. The van der Waals surface area contributed by atoms with Crippen molar-refractivity contribution >= 4 is 39.7 Å². The van der Waals surface area contributed by atoms with Gasteiger partial charge in [0, 0.05) is 5.02 Å². The molecule has 0 aliphatic carbocycles. The van der Waals surface area contributed by atoms with Crippen LogP contribution < -0.4 is 14.9 Å². The summed E-state index contributed by atoms with van der Waals surface area (Å²) >= 11 is 5.81. The molecule has 3 rings (SSSR count). The average Bonchev–Trinajstić information content (AvgIpc) is 2.79. The molecule has 1 amide bonds. The molecule has 10 heteroatoms. The maximum atomic E-state index is 12.2. The van der Waals surface area contributed by atoms with Gasteiger partial charge in [-0.3, -0.25) is 4.79 Å². The number of nitrogens with one attached hydrogen (secondary N) is 2. The molecule has 0 saturated carbocycles. The summed E-state index contributed by atoms with van der Waals surface area (Å²) < 4.78 is 32.0. The van der Waals surface area contributed by atoms with Gasteiger partial charge < -0.3 is 4.74 Å². The third kappa shape index (κ3) is 7.25. The zero-order valence-electron chi connectivity index (χ0n) is 17.5. The van der Waals surface area contributed by atoms with Crippen LogP contribution in [0.5, 0.6) is 5.75 Å². The highest BCUT2D eigenvalue weighted by molar-refractivity contribution is 7.89. The van der Waals surface area contributed by atoms with E-state index in [2.05, 4.69) is 15.2 Å². The number of carbonyl (C=O) groups is 2. The van der Waals surface area contributed by atoms with Crippen molar-refractivity contribution in [1.82, 2.24) is 10.1 Å². The summed E-state index contributed by atoms with van der Waals surface area (Å²) in [6.07, 6.45) is 1.34. The minimum absolute atomic E-state index is 0.0642. The lowest BCUT2D eigenvalue weighted by molar-refractivity contribution is -0.119. The third-order valence-corrected chi connectivity index (χ3v) is 5.97. The quantitative estimate of drug-likeness (QED) is 0.220. The first-order valence-corrected chi connectivity index (χ1v) is 11.5. The van der Waals surface area contributed by atoms with Crippen molar-refractivity contribution in [2.24, 2.45) is 5.10 Å². The number of amides is 1. The molecular weight excluding hydrogens is 466 g/mol. The van der Waals surface area contributed by atoms with Crippen molar-refractivity contribution in [3.05, 3.63) is 94.5 Å². The van der Waals surface area contributed by atoms with Crippen LogP contribution in [0.4, 0.5) is 0 Å². The highest BCUT2D eigenvalue weighted by Gasteiger charge is 2.15. The van der Waals surface area contributed by atoms with Gasteiger partial charge in [0.05, 0.1) is 23.2 Å². The van der Waals surface area contributed by atoms with Crippen LogP contribution in [0.3, 0.4) is 0 Å². The number of hydrogen-bond donors (Lipinski definition) is 2. The first-order chi connectivity index (χ1) is 15.7. The van der Waals surface area contributed by atoms with Gasteiger partial charge in [-0.25, -0.2) is 23.4 Å². The second-order valence-electron chi connectivity index (χ2n) is 6.90. The van der Waals surface area contributed by atoms with Crippen LogP contribution in [0, 0.1) is 6.92 Å². The van der Waals surface area contributed by atoms with Gasteiger partial charge in [0.15, 0.2) is 0 Å². The number of nitrogens with zero attached hydrogens (tertiary/aromatic N) is 1. The largest absolute Gasteiger partial charge is 0.423 e. The molecule has 3 aromatic rings. The van der Waals surface area contributed by atoms with E-state index >= 15 is 0 Å². The number of halogens is 1. The van der Waals surface area contributed by atoms with Gasteiger partial charge in [-0.2, -0.15) is 5.10 Å². The standard InChI is InChI=1S/C23H20ClN3O5S/c1-16-5-11-21(12-6-16)33(30,31)26-15-22(28)27-25-14-17-3-2-4-20(13-17)32-23(29)18-7-9-19(24)10-8-18/h2-14,26H,15H2,1H3,(H,27,28)/b25-14-. The zero-order valence-corrected chi connectivity index (χ0v) is 19.1. The molecule has 0 heterocycles. The Morgan fingerprint density at radius 3 is 2.42 bits per heavy atom. The van der Waals surface area contributed by atoms with E-state index in [1.807, 2.05) is 6.92 Å². The predicted molar refractivity (Wildman–Crippen MR) is 125 cm³/mol. The van der Waals surface area contributed by atoms with E-state index in [1.54, 1.807) is 60.7 Å². The summed E-state index contributed by atoms with van der Waals surface area (Å²) in [5, 5.41) is 4.31. The fourth-order valence-electron chi connectivity index (χ4n) is 2.59. The Kier molecular flexibility index (Phi) is 7.94. The van der Waals surface area contributed by atoms with Crippen LogP contribution in [-0.2, 0) is 14.8 Å². The van der Waals surface area contributed by atoms with Crippen LogP contribution in [0.15, 0.2) is 82.8 Å². The number of sulfonamides is 1. The summed E-state index contributed by atoms with van der Waals surface area (Å²) in [6, 6.07) is 19.0. The molecular formula is C23H20ClN3O5S. The molecule has 0 bridgehead atoms. The Labute approximate surface area is 196 Å². The number of esters is 1. The monoisotopic (exact) mass is 485 g/mol. The fourth-order valence-corrected chi connectivity index (χ4v) is 3.70. The SMILES string of the molecule is Cc1ccc(S(=O)(=O)NCC(=O)N/N=C\c2cccc(OC(=O)c3ccc(Cl)cc3)c2)cc1. The minimum atomic E-state index is -3.81. The van der Waals surface area contributed by atoms with E-state index in [4.69, 9.17) is 16.3 Å². The van der Waals surface area contributed by atoms with E-state index in [0.717, 1.165) is 5.56 Å². The summed E-state index contributed by atoms with van der Waals surface area (Å²) in [6.45, 7) is 1.36. The lowest BCUT2D eigenvalue weighted by Gasteiger charge is -2.06. The molecule has 33 heavy (non-hydrogen) atoms. The zero-order chi connectivity index (χ0) is 23.8. The number of hydrogen-bond acceptors (Lipinski definition) is 6. The Bertz CT molecular complexity index is 1270. The van der Waals surface area contributed by atoms with E-state index < -0.39 is 28.4 Å². The van der Waals surface area contributed by atoms with Gasteiger partial charge in [0.2, 0.25) is 10.0 Å². The Morgan fingerprint density at radius 1 is 1.03 bits per heavy atom. The summed E-state index contributed by atoms with van der Waals surface area (Å²) in [4.78, 5) is 24.2. The van der Waals surface area contributed by atoms with Crippen molar-refractivity contribution in [1.29, 1.82) is 0 Å². The number of ether oxygens (including phenoxy) is 1. The maximum Gasteiger partial charge on any atom is 0.343 e. The molecule has 0 fully saturated rings. The molecule has 0 atom stereocenters.